The summed E-state index contributed by atoms with van der Waals surface area (Å²) in [6.45, 7) is 5.91. The van der Waals surface area contributed by atoms with Gasteiger partial charge in [-0.1, -0.05) is 68.4 Å². The van der Waals surface area contributed by atoms with E-state index >= 15 is 0 Å². The van der Waals surface area contributed by atoms with Crippen LogP contribution >= 0.6 is 0 Å². The summed E-state index contributed by atoms with van der Waals surface area (Å²) in [4.78, 5) is 12.5. The number of hydrogen-bond donors (Lipinski definition) is 0. The fourth-order valence-electron chi connectivity index (χ4n) is 3.51. The van der Waals surface area contributed by atoms with Crippen molar-refractivity contribution in [2.75, 3.05) is 0 Å². The second-order valence-electron chi connectivity index (χ2n) is 6.01. The molecule has 2 aliphatic heterocycles. The Morgan fingerprint density at radius 3 is 2.38 bits per heavy atom. The van der Waals surface area contributed by atoms with Gasteiger partial charge in [0.15, 0.2) is 0 Å². The van der Waals surface area contributed by atoms with E-state index in [0.717, 1.165) is 17.5 Å². The zero-order valence-corrected chi connectivity index (χ0v) is 14.4. The van der Waals surface area contributed by atoms with Gasteiger partial charge in [-0.25, -0.2) is 0 Å². The molecule has 4 atom stereocenters. The lowest BCUT2D eigenvalue weighted by Crippen LogP contribution is -2.24. The van der Waals surface area contributed by atoms with Crippen molar-refractivity contribution < 1.29 is 14.3 Å². The van der Waals surface area contributed by atoms with E-state index in [9.17, 15) is 4.79 Å². The van der Waals surface area contributed by atoms with Gasteiger partial charge in [0.1, 0.15) is 6.10 Å². The number of carbonyl (C=O) groups excluding carboxylic acids is 1. The Hall–Kier alpha value is -2.13. The van der Waals surface area contributed by atoms with E-state index in [-0.39, 0.29) is 30.2 Å². The summed E-state index contributed by atoms with van der Waals surface area (Å²) in [5.74, 6) is -0.343. The van der Waals surface area contributed by atoms with Crippen LogP contribution in [0.4, 0.5) is 0 Å². The number of benzene rings is 2. The van der Waals surface area contributed by atoms with Gasteiger partial charge in [0.25, 0.3) is 0 Å². The third-order valence-corrected chi connectivity index (χ3v) is 4.66. The fourth-order valence-corrected chi connectivity index (χ4v) is 3.51. The lowest BCUT2D eigenvalue weighted by molar-refractivity contribution is -0.155. The van der Waals surface area contributed by atoms with E-state index in [2.05, 4.69) is 12.1 Å². The van der Waals surface area contributed by atoms with Gasteiger partial charge in [-0.2, -0.15) is 0 Å². The first kappa shape index (κ1) is 16.7. The highest BCUT2D eigenvalue weighted by atomic mass is 16.6. The number of ether oxygens (including phenoxy) is 2. The van der Waals surface area contributed by atoms with E-state index in [4.69, 9.17) is 9.47 Å². The minimum Gasteiger partial charge on any atom is -0.457 e. The Morgan fingerprint density at radius 2 is 1.67 bits per heavy atom. The molecule has 2 aromatic carbocycles. The second-order valence-corrected chi connectivity index (χ2v) is 6.01. The molecule has 0 aliphatic carbocycles. The first-order chi connectivity index (χ1) is 11.7. The molecule has 126 valence electrons. The van der Waals surface area contributed by atoms with Crippen molar-refractivity contribution in [3.63, 3.8) is 0 Å². The summed E-state index contributed by atoms with van der Waals surface area (Å²) < 4.78 is 11.6. The number of esters is 1. The second kappa shape index (κ2) is 7.18. The monoisotopic (exact) mass is 324 g/mol. The van der Waals surface area contributed by atoms with E-state index in [1.807, 2.05) is 63.2 Å². The minimum atomic E-state index is -0.233. The molecule has 4 rings (SSSR count). The van der Waals surface area contributed by atoms with Crippen molar-refractivity contribution in [3.05, 3.63) is 71.3 Å². The molecule has 3 nitrogen and oxygen atoms in total. The molecular weight excluding hydrogens is 300 g/mol. The predicted molar refractivity (Wildman–Crippen MR) is 93.4 cm³/mol. The Morgan fingerprint density at radius 1 is 1.04 bits per heavy atom. The van der Waals surface area contributed by atoms with Gasteiger partial charge in [-0.05, 0) is 30.0 Å². The maximum Gasteiger partial charge on any atom is 0.312 e. The smallest absolute Gasteiger partial charge is 0.312 e. The Balaban J connectivity index is 0.000000815. The first-order valence-electron chi connectivity index (χ1n) is 8.74. The number of fused-ring (bicyclic) bond motifs is 5. The Kier molecular flexibility index (Phi) is 5.00. The zero-order valence-electron chi connectivity index (χ0n) is 14.4. The third-order valence-electron chi connectivity index (χ3n) is 4.66. The van der Waals surface area contributed by atoms with Crippen molar-refractivity contribution in [1.29, 1.82) is 0 Å². The van der Waals surface area contributed by atoms with Gasteiger partial charge in [-0.15, -0.1) is 0 Å². The normalized spacial score (nSPS) is 24.5. The molecule has 0 aromatic heterocycles. The average Bonchev–Trinajstić information content (AvgIpc) is 3.24. The number of rotatable bonds is 3. The van der Waals surface area contributed by atoms with Crippen LogP contribution in [0.25, 0.3) is 0 Å². The first-order valence-corrected chi connectivity index (χ1v) is 8.74. The van der Waals surface area contributed by atoms with E-state index in [1.54, 1.807) is 0 Å². The van der Waals surface area contributed by atoms with Crippen LogP contribution in [0.1, 0.15) is 62.2 Å². The summed E-state index contributed by atoms with van der Waals surface area (Å²) in [6, 6.07) is 18.0. The number of carbonyl (C=O) groups is 1. The highest BCUT2D eigenvalue weighted by Gasteiger charge is 2.49. The zero-order chi connectivity index (χ0) is 17.1. The summed E-state index contributed by atoms with van der Waals surface area (Å²) in [6.07, 6.45) is 0.396. The Bertz CT molecular complexity index is 695. The number of hydrogen-bond acceptors (Lipinski definition) is 3. The van der Waals surface area contributed by atoms with Crippen LogP contribution in [0.2, 0.25) is 0 Å². The molecule has 4 unspecified atom stereocenters. The average molecular weight is 324 g/mol. The van der Waals surface area contributed by atoms with Crippen molar-refractivity contribution in [3.8, 4) is 0 Å². The van der Waals surface area contributed by atoms with Gasteiger partial charge in [0, 0.05) is 0 Å². The van der Waals surface area contributed by atoms with Crippen molar-refractivity contribution in [1.82, 2.24) is 0 Å². The van der Waals surface area contributed by atoms with Gasteiger partial charge in [0.2, 0.25) is 0 Å². The standard InChI is InChI=1S/C19H18O3.C2H6/c1-12(13-7-3-2-4-8-13)21-19(20)16-11-17-14-9-5-6-10-15(14)18(16)22-17;1-2/h2-10,12,16-18H,11H2,1H3;1-2H3. The minimum absolute atomic E-state index is 0.0470. The summed E-state index contributed by atoms with van der Waals surface area (Å²) in [5, 5.41) is 0. The molecule has 24 heavy (non-hydrogen) atoms. The quantitative estimate of drug-likeness (QED) is 0.733. The van der Waals surface area contributed by atoms with Crippen LogP contribution in [0.5, 0.6) is 0 Å². The maximum absolute atomic E-state index is 12.5. The van der Waals surface area contributed by atoms with E-state index < -0.39 is 0 Å². The molecule has 1 fully saturated rings. The molecule has 1 saturated heterocycles. The topological polar surface area (TPSA) is 35.5 Å². The summed E-state index contributed by atoms with van der Waals surface area (Å²) in [5.41, 5.74) is 3.39. The van der Waals surface area contributed by atoms with E-state index in [0.29, 0.717) is 0 Å². The lowest BCUT2D eigenvalue weighted by atomic mass is 9.84. The van der Waals surface area contributed by atoms with Crippen LogP contribution < -0.4 is 0 Å². The van der Waals surface area contributed by atoms with Crippen molar-refractivity contribution >= 4 is 5.97 Å². The molecule has 0 amide bonds. The Labute approximate surface area is 143 Å². The van der Waals surface area contributed by atoms with E-state index in [1.165, 1.54) is 5.56 Å². The molecule has 0 saturated carbocycles. The van der Waals surface area contributed by atoms with Crippen LogP contribution in [0.15, 0.2) is 54.6 Å². The van der Waals surface area contributed by atoms with Crippen LogP contribution in [-0.2, 0) is 14.3 Å². The van der Waals surface area contributed by atoms with Crippen LogP contribution in [0, 0.1) is 5.92 Å². The van der Waals surface area contributed by atoms with Crippen LogP contribution in [-0.4, -0.2) is 5.97 Å². The van der Waals surface area contributed by atoms with Gasteiger partial charge in [0.05, 0.1) is 18.1 Å². The molecule has 0 radical (unpaired) electrons. The molecule has 3 heteroatoms. The molecule has 2 aromatic rings. The lowest BCUT2D eigenvalue weighted by Gasteiger charge is -2.22. The van der Waals surface area contributed by atoms with Crippen molar-refractivity contribution in [2.45, 2.75) is 45.5 Å². The van der Waals surface area contributed by atoms with Gasteiger partial charge < -0.3 is 9.47 Å². The largest absolute Gasteiger partial charge is 0.457 e. The van der Waals surface area contributed by atoms with Gasteiger partial charge in [-0.3, -0.25) is 4.79 Å². The molecular formula is C21H24O3. The molecule has 0 N–H and O–H groups in total. The predicted octanol–water partition coefficient (Wildman–Crippen LogP) is 5.15. The van der Waals surface area contributed by atoms with Crippen molar-refractivity contribution in [2.24, 2.45) is 5.92 Å². The maximum atomic E-state index is 12.5. The van der Waals surface area contributed by atoms with Gasteiger partial charge >= 0.3 is 5.97 Å². The SMILES string of the molecule is CC.CC(OC(=O)C1CC2OC1c1ccccc12)c1ccccc1. The molecule has 0 spiro atoms. The fraction of sp³-hybridized carbons (Fsp3) is 0.381. The molecule has 2 heterocycles. The third kappa shape index (κ3) is 2.96. The summed E-state index contributed by atoms with van der Waals surface area (Å²) >= 11 is 0. The molecule has 2 bridgehead atoms. The highest BCUT2D eigenvalue weighted by Crippen LogP contribution is 2.54. The molecule has 2 aliphatic rings. The van der Waals surface area contributed by atoms with Crippen LogP contribution in [0.3, 0.4) is 0 Å². The summed E-state index contributed by atoms with van der Waals surface area (Å²) in [7, 11) is 0. The highest BCUT2D eigenvalue weighted by molar-refractivity contribution is 5.75.